The SMILES string of the molecule is CC(C)(C)[C@H](NC(=O)O)C(=O)N[C@@H](Cc1ccc(-c2ccccn2)cc1)[C@H](O)C[C@H](Cc1ccccc1)NC(=O)[C@@H](N1CCN(Cc2ncc3ccncn23)C1=O)C(C)(C)C. The molecular formula is C46H57N9O6. The predicted molar refractivity (Wildman–Crippen MR) is 231 cm³/mol. The highest BCUT2D eigenvalue weighted by Gasteiger charge is 2.44. The third-order valence-electron chi connectivity index (χ3n) is 11.0. The zero-order valence-electron chi connectivity index (χ0n) is 35.7. The van der Waals surface area contributed by atoms with Crippen LogP contribution in [0.2, 0.25) is 0 Å². The van der Waals surface area contributed by atoms with Crippen molar-refractivity contribution in [3.8, 4) is 11.3 Å². The molecule has 5 aromatic rings. The molecule has 15 heteroatoms. The molecule has 6 rings (SSSR count). The quantitative estimate of drug-likeness (QED) is 0.0874. The molecular weight excluding hydrogens is 775 g/mol. The number of aliphatic hydroxyl groups excluding tert-OH is 1. The maximum atomic E-state index is 14.6. The summed E-state index contributed by atoms with van der Waals surface area (Å²) < 4.78 is 1.84. The van der Waals surface area contributed by atoms with Crippen molar-refractivity contribution >= 4 is 29.5 Å². The first-order chi connectivity index (χ1) is 29.0. The van der Waals surface area contributed by atoms with Crippen molar-refractivity contribution < 1.29 is 29.4 Å². The summed E-state index contributed by atoms with van der Waals surface area (Å²) in [7, 11) is 0. The van der Waals surface area contributed by atoms with Crippen molar-refractivity contribution in [2.45, 2.75) is 97.6 Å². The Morgan fingerprint density at radius 3 is 2.13 bits per heavy atom. The van der Waals surface area contributed by atoms with Gasteiger partial charge in [0.25, 0.3) is 0 Å². The molecule has 0 aliphatic carbocycles. The number of benzene rings is 2. The molecule has 0 saturated carbocycles. The molecule has 0 bridgehead atoms. The Kier molecular flexibility index (Phi) is 13.7. The summed E-state index contributed by atoms with van der Waals surface area (Å²) in [6, 6.07) is 21.0. The van der Waals surface area contributed by atoms with E-state index in [-0.39, 0.29) is 31.3 Å². The van der Waals surface area contributed by atoms with Gasteiger partial charge in [0, 0.05) is 37.1 Å². The highest BCUT2D eigenvalue weighted by atomic mass is 16.4. The third-order valence-corrected chi connectivity index (χ3v) is 11.0. The molecule has 0 spiro atoms. The number of imidazole rings is 1. The van der Waals surface area contributed by atoms with Crippen LogP contribution in [0.5, 0.6) is 0 Å². The Bertz CT molecular complexity index is 2270. The van der Waals surface area contributed by atoms with Gasteiger partial charge in [0.1, 0.15) is 24.2 Å². The van der Waals surface area contributed by atoms with E-state index in [9.17, 15) is 29.4 Å². The summed E-state index contributed by atoms with van der Waals surface area (Å²) in [5.41, 5.74) is 2.82. The largest absolute Gasteiger partial charge is 0.465 e. The number of carboxylic acid groups (broad SMARTS) is 1. The number of urea groups is 1. The minimum Gasteiger partial charge on any atom is -0.465 e. The van der Waals surface area contributed by atoms with Crippen LogP contribution < -0.4 is 16.0 Å². The normalized spacial score (nSPS) is 15.8. The number of carbonyl (C=O) groups is 4. The first-order valence-electron chi connectivity index (χ1n) is 20.6. The number of nitrogens with zero attached hydrogens (tertiary/aromatic N) is 6. The van der Waals surface area contributed by atoms with Gasteiger partial charge in [-0.2, -0.15) is 0 Å². The fraction of sp³-hybridized carbons (Fsp3) is 0.413. The molecule has 3 aromatic heterocycles. The van der Waals surface area contributed by atoms with Crippen molar-refractivity contribution in [3.05, 3.63) is 121 Å². The summed E-state index contributed by atoms with van der Waals surface area (Å²) in [4.78, 5) is 70.8. The second-order valence-electron chi connectivity index (χ2n) is 17.9. The van der Waals surface area contributed by atoms with E-state index in [0.717, 1.165) is 27.9 Å². The van der Waals surface area contributed by atoms with Crippen LogP contribution in [0.25, 0.3) is 16.8 Å². The smallest absolute Gasteiger partial charge is 0.405 e. The minimum absolute atomic E-state index is 0.0298. The van der Waals surface area contributed by atoms with Crippen LogP contribution >= 0.6 is 0 Å². The Morgan fingerprint density at radius 1 is 0.770 bits per heavy atom. The predicted octanol–water partition coefficient (Wildman–Crippen LogP) is 5.33. The van der Waals surface area contributed by atoms with E-state index >= 15 is 0 Å². The molecule has 1 aliphatic rings. The van der Waals surface area contributed by atoms with Crippen molar-refractivity contribution in [1.29, 1.82) is 0 Å². The zero-order chi connectivity index (χ0) is 43.9. The van der Waals surface area contributed by atoms with Crippen LogP contribution in [-0.4, -0.2) is 107 Å². The van der Waals surface area contributed by atoms with Gasteiger partial charge in [0.05, 0.1) is 36.1 Å². The second-order valence-corrected chi connectivity index (χ2v) is 17.9. The average Bonchev–Trinajstić information content (AvgIpc) is 3.78. The van der Waals surface area contributed by atoms with E-state index in [2.05, 4.69) is 30.9 Å². The van der Waals surface area contributed by atoms with E-state index in [1.807, 2.05) is 104 Å². The molecule has 15 nitrogen and oxygen atoms in total. The van der Waals surface area contributed by atoms with Crippen LogP contribution in [0.4, 0.5) is 9.59 Å². The number of hydrogen-bond acceptors (Lipinski definition) is 8. The van der Waals surface area contributed by atoms with E-state index in [1.165, 1.54) is 0 Å². The van der Waals surface area contributed by atoms with Gasteiger partial charge in [-0.05, 0) is 59.4 Å². The highest BCUT2D eigenvalue weighted by Crippen LogP contribution is 2.29. The molecule has 5 N–H and O–H groups in total. The van der Waals surface area contributed by atoms with Gasteiger partial charge in [0.2, 0.25) is 11.8 Å². The number of fused-ring (bicyclic) bond motifs is 1. The second kappa shape index (κ2) is 18.9. The number of carbonyl (C=O) groups excluding carboxylic acids is 3. The molecule has 322 valence electrons. The molecule has 4 heterocycles. The lowest BCUT2D eigenvalue weighted by atomic mass is 9.84. The maximum Gasteiger partial charge on any atom is 0.405 e. The van der Waals surface area contributed by atoms with E-state index in [4.69, 9.17) is 0 Å². The van der Waals surface area contributed by atoms with Crippen molar-refractivity contribution in [2.24, 2.45) is 10.8 Å². The van der Waals surface area contributed by atoms with Crippen LogP contribution in [0.15, 0.2) is 104 Å². The van der Waals surface area contributed by atoms with Gasteiger partial charge in [-0.1, -0.05) is 102 Å². The van der Waals surface area contributed by atoms with Crippen LogP contribution in [-0.2, 0) is 29.0 Å². The standard InChI is InChI=1S/C46H57N9O6/c1-45(2,3)39(52-43(59)60)41(57)51-36(25-31-15-17-32(18-16-31)35-14-10-11-20-48-35)37(56)26-33(24-30-12-8-7-9-13-30)50-42(58)40(46(4,5)6)54-23-22-53(44(54)61)28-38-49-27-34-19-21-47-29-55(34)38/h7-21,27,29,33,36-37,39-40,52,56H,22-26,28H2,1-6H3,(H,50,58)(H,51,57)(H,59,60)/t33-,36-,37+,39+,40+/m0/s1. The number of pyridine rings is 1. The lowest BCUT2D eigenvalue weighted by Crippen LogP contribution is -2.59. The molecule has 5 atom stereocenters. The summed E-state index contributed by atoms with van der Waals surface area (Å²) in [5.74, 6) is -0.294. The van der Waals surface area contributed by atoms with Crippen LogP contribution in [0.3, 0.4) is 0 Å². The lowest BCUT2D eigenvalue weighted by molar-refractivity contribution is -0.130. The third kappa shape index (κ3) is 11.3. The fourth-order valence-corrected chi connectivity index (χ4v) is 7.95. The molecule has 0 radical (unpaired) electrons. The van der Waals surface area contributed by atoms with E-state index < -0.39 is 53.1 Å². The van der Waals surface area contributed by atoms with Gasteiger partial charge >= 0.3 is 12.1 Å². The first kappa shape index (κ1) is 44.2. The molecule has 2 aromatic carbocycles. The Balaban J connectivity index is 1.25. The monoisotopic (exact) mass is 831 g/mol. The van der Waals surface area contributed by atoms with Gasteiger partial charge in [-0.3, -0.25) is 19.0 Å². The Hall–Kier alpha value is -6.35. The van der Waals surface area contributed by atoms with Gasteiger partial charge < -0.3 is 36.0 Å². The molecule has 1 fully saturated rings. The molecule has 61 heavy (non-hydrogen) atoms. The topological polar surface area (TPSA) is 194 Å². The summed E-state index contributed by atoms with van der Waals surface area (Å²) in [6.07, 6.45) is 4.83. The fourth-order valence-electron chi connectivity index (χ4n) is 7.95. The van der Waals surface area contributed by atoms with Gasteiger partial charge in [-0.15, -0.1) is 0 Å². The average molecular weight is 832 g/mol. The number of amides is 5. The first-order valence-corrected chi connectivity index (χ1v) is 20.6. The van der Waals surface area contributed by atoms with E-state index in [1.54, 1.807) is 55.5 Å². The molecule has 1 aliphatic heterocycles. The lowest BCUT2D eigenvalue weighted by Gasteiger charge is -2.38. The molecule has 1 saturated heterocycles. The van der Waals surface area contributed by atoms with Crippen LogP contribution in [0, 0.1) is 10.8 Å². The number of nitrogens with one attached hydrogen (secondary N) is 3. The molecule has 5 amide bonds. The number of aliphatic hydroxyl groups is 1. The molecule has 0 unspecified atom stereocenters. The summed E-state index contributed by atoms with van der Waals surface area (Å²) in [6.45, 7) is 12.0. The zero-order valence-corrected chi connectivity index (χ0v) is 35.7. The summed E-state index contributed by atoms with van der Waals surface area (Å²) >= 11 is 0. The van der Waals surface area contributed by atoms with Crippen LogP contribution in [0.1, 0.15) is 64.9 Å². The maximum absolute atomic E-state index is 14.6. The van der Waals surface area contributed by atoms with Crippen molar-refractivity contribution in [3.63, 3.8) is 0 Å². The minimum atomic E-state index is -1.34. The Labute approximate surface area is 356 Å². The number of hydrogen-bond donors (Lipinski definition) is 5. The van der Waals surface area contributed by atoms with Gasteiger partial charge in [-0.25, -0.2) is 19.6 Å². The summed E-state index contributed by atoms with van der Waals surface area (Å²) in [5, 5.41) is 30.3. The van der Waals surface area contributed by atoms with Gasteiger partial charge in [0.15, 0.2) is 0 Å². The highest BCUT2D eigenvalue weighted by molar-refractivity contribution is 5.89. The number of rotatable bonds is 16. The van der Waals surface area contributed by atoms with Crippen molar-refractivity contribution in [2.75, 3.05) is 13.1 Å². The number of aromatic nitrogens is 4. The Morgan fingerprint density at radius 2 is 1.48 bits per heavy atom. The van der Waals surface area contributed by atoms with Crippen molar-refractivity contribution in [1.82, 2.24) is 45.1 Å². The van der Waals surface area contributed by atoms with E-state index in [0.29, 0.717) is 25.3 Å².